The highest BCUT2D eigenvalue weighted by Gasteiger charge is 2.31. The summed E-state index contributed by atoms with van der Waals surface area (Å²) in [6.07, 6.45) is 0.159. The molecule has 0 spiro atoms. The van der Waals surface area contributed by atoms with Gasteiger partial charge in [0, 0.05) is 0 Å². The van der Waals surface area contributed by atoms with E-state index in [-0.39, 0.29) is 13.0 Å². The van der Waals surface area contributed by atoms with Gasteiger partial charge in [-0.15, -0.1) is 0 Å². The number of carbonyl (C=O) groups excluding carboxylic acids is 1. The third-order valence-corrected chi connectivity index (χ3v) is 1.37. The van der Waals surface area contributed by atoms with Crippen molar-refractivity contribution < 1.29 is 13.9 Å². The third-order valence-electron chi connectivity index (χ3n) is 1.37. The van der Waals surface area contributed by atoms with E-state index in [9.17, 15) is 9.18 Å². The Morgan fingerprint density at radius 3 is 2.40 bits per heavy atom. The Labute approximate surface area is 60.4 Å². The summed E-state index contributed by atoms with van der Waals surface area (Å²) in [5, 5.41) is 0. The molecule has 10 heavy (non-hydrogen) atoms. The van der Waals surface area contributed by atoms with Crippen LogP contribution in [0, 0.1) is 0 Å². The standard InChI is InChI=1S/C7H13FO2/c1-4-7(3,8)6(9)10-5-2/h4-5H2,1-3H3. The number of rotatable bonds is 3. The van der Waals surface area contributed by atoms with Crippen LogP contribution < -0.4 is 0 Å². The van der Waals surface area contributed by atoms with Gasteiger partial charge in [0.2, 0.25) is 5.67 Å². The summed E-state index contributed by atoms with van der Waals surface area (Å²) in [6, 6.07) is 0. The van der Waals surface area contributed by atoms with Crippen LogP contribution in [0.3, 0.4) is 0 Å². The maximum absolute atomic E-state index is 12.9. The van der Waals surface area contributed by atoms with E-state index in [1.807, 2.05) is 0 Å². The lowest BCUT2D eigenvalue weighted by atomic mass is 10.1. The molecule has 1 atom stereocenters. The van der Waals surface area contributed by atoms with Crippen LogP contribution in [0.1, 0.15) is 27.2 Å². The summed E-state index contributed by atoms with van der Waals surface area (Å²) >= 11 is 0. The van der Waals surface area contributed by atoms with Gasteiger partial charge in [-0.25, -0.2) is 9.18 Å². The van der Waals surface area contributed by atoms with Gasteiger partial charge in [-0.1, -0.05) is 6.92 Å². The maximum atomic E-state index is 12.9. The number of hydrogen-bond acceptors (Lipinski definition) is 2. The van der Waals surface area contributed by atoms with Gasteiger partial charge in [0.25, 0.3) is 0 Å². The van der Waals surface area contributed by atoms with E-state index >= 15 is 0 Å². The summed E-state index contributed by atoms with van der Waals surface area (Å²) in [7, 11) is 0. The van der Waals surface area contributed by atoms with Gasteiger partial charge in [0.05, 0.1) is 6.61 Å². The molecular formula is C7H13FO2. The number of halogens is 1. The second kappa shape index (κ2) is 3.54. The fourth-order valence-electron chi connectivity index (χ4n) is 0.426. The Hall–Kier alpha value is -0.600. The third kappa shape index (κ3) is 2.33. The first-order valence-electron chi connectivity index (χ1n) is 3.40. The molecule has 0 saturated heterocycles. The first-order valence-corrected chi connectivity index (χ1v) is 3.40. The lowest BCUT2D eigenvalue weighted by molar-refractivity contribution is -0.156. The van der Waals surface area contributed by atoms with E-state index in [0.717, 1.165) is 0 Å². The molecule has 0 aliphatic carbocycles. The van der Waals surface area contributed by atoms with Gasteiger partial charge in [0.15, 0.2) is 0 Å². The summed E-state index contributed by atoms with van der Waals surface area (Å²) in [6.45, 7) is 4.73. The van der Waals surface area contributed by atoms with Crippen LogP contribution in [0.25, 0.3) is 0 Å². The minimum Gasteiger partial charge on any atom is -0.464 e. The highest BCUT2D eigenvalue weighted by atomic mass is 19.1. The maximum Gasteiger partial charge on any atom is 0.343 e. The Bertz CT molecular complexity index is 121. The predicted octanol–water partition coefficient (Wildman–Crippen LogP) is 1.69. The molecular weight excluding hydrogens is 135 g/mol. The van der Waals surface area contributed by atoms with Gasteiger partial charge >= 0.3 is 5.97 Å². The van der Waals surface area contributed by atoms with Crippen molar-refractivity contribution in [2.45, 2.75) is 32.9 Å². The first kappa shape index (κ1) is 9.40. The molecule has 0 rings (SSSR count). The van der Waals surface area contributed by atoms with Crippen molar-refractivity contribution in [2.24, 2.45) is 0 Å². The number of hydrogen-bond donors (Lipinski definition) is 0. The SMILES string of the molecule is CCOC(=O)C(C)(F)CC. The minimum absolute atomic E-state index is 0.159. The van der Waals surface area contributed by atoms with Crippen LogP contribution in [-0.4, -0.2) is 18.2 Å². The molecule has 0 saturated carbocycles. The molecule has 0 amide bonds. The van der Waals surface area contributed by atoms with Crippen molar-refractivity contribution >= 4 is 5.97 Å². The summed E-state index contributed by atoms with van der Waals surface area (Å²) < 4.78 is 17.4. The highest BCUT2D eigenvalue weighted by molar-refractivity contribution is 5.78. The van der Waals surface area contributed by atoms with E-state index in [1.165, 1.54) is 6.92 Å². The van der Waals surface area contributed by atoms with Gasteiger partial charge in [0.1, 0.15) is 0 Å². The molecule has 0 fully saturated rings. The number of esters is 1. The molecule has 60 valence electrons. The lowest BCUT2D eigenvalue weighted by Gasteiger charge is -2.14. The van der Waals surface area contributed by atoms with Crippen molar-refractivity contribution in [3.63, 3.8) is 0 Å². The average molecular weight is 148 g/mol. The van der Waals surface area contributed by atoms with E-state index in [1.54, 1.807) is 13.8 Å². The van der Waals surface area contributed by atoms with Gasteiger partial charge in [-0.3, -0.25) is 0 Å². The van der Waals surface area contributed by atoms with Crippen LogP contribution >= 0.6 is 0 Å². The monoisotopic (exact) mass is 148 g/mol. The average Bonchev–Trinajstić information content (AvgIpc) is 1.89. The van der Waals surface area contributed by atoms with Crippen LogP contribution in [0.4, 0.5) is 4.39 Å². The first-order chi connectivity index (χ1) is 4.54. The van der Waals surface area contributed by atoms with Crippen molar-refractivity contribution in [3.8, 4) is 0 Å². The Morgan fingerprint density at radius 2 is 2.10 bits per heavy atom. The zero-order chi connectivity index (χ0) is 8.20. The minimum atomic E-state index is -1.81. The van der Waals surface area contributed by atoms with Crippen LogP contribution in [-0.2, 0) is 9.53 Å². The second-order valence-electron chi connectivity index (χ2n) is 2.27. The highest BCUT2D eigenvalue weighted by Crippen LogP contribution is 2.16. The smallest absolute Gasteiger partial charge is 0.343 e. The normalized spacial score (nSPS) is 16.0. The molecule has 3 heteroatoms. The zero-order valence-corrected chi connectivity index (χ0v) is 6.61. The van der Waals surface area contributed by atoms with Crippen molar-refractivity contribution in [1.29, 1.82) is 0 Å². The molecule has 1 unspecified atom stereocenters. The van der Waals surface area contributed by atoms with Crippen molar-refractivity contribution in [3.05, 3.63) is 0 Å². The predicted molar refractivity (Wildman–Crippen MR) is 36.4 cm³/mol. The summed E-state index contributed by atoms with van der Waals surface area (Å²) in [5.74, 6) is -0.766. The fourth-order valence-corrected chi connectivity index (χ4v) is 0.426. The summed E-state index contributed by atoms with van der Waals surface area (Å²) in [5.41, 5.74) is -1.81. The summed E-state index contributed by atoms with van der Waals surface area (Å²) in [4.78, 5) is 10.7. The van der Waals surface area contributed by atoms with Crippen LogP contribution in [0.5, 0.6) is 0 Å². The van der Waals surface area contributed by atoms with E-state index < -0.39 is 11.6 Å². The quantitative estimate of drug-likeness (QED) is 0.569. The Kier molecular flexibility index (Phi) is 3.33. The fraction of sp³-hybridized carbons (Fsp3) is 0.857. The molecule has 0 aromatic rings. The molecule has 0 bridgehead atoms. The van der Waals surface area contributed by atoms with Gasteiger partial charge in [-0.2, -0.15) is 0 Å². The van der Waals surface area contributed by atoms with E-state index in [2.05, 4.69) is 4.74 Å². The number of carbonyl (C=O) groups is 1. The molecule has 0 N–H and O–H groups in total. The number of alkyl halides is 1. The molecule has 2 nitrogen and oxygen atoms in total. The largest absolute Gasteiger partial charge is 0.464 e. The number of ether oxygens (including phenoxy) is 1. The molecule has 0 heterocycles. The van der Waals surface area contributed by atoms with Crippen molar-refractivity contribution in [1.82, 2.24) is 0 Å². The van der Waals surface area contributed by atoms with E-state index in [0.29, 0.717) is 0 Å². The second-order valence-corrected chi connectivity index (χ2v) is 2.27. The van der Waals surface area contributed by atoms with Gasteiger partial charge < -0.3 is 4.74 Å². The molecule has 0 aromatic carbocycles. The zero-order valence-electron chi connectivity index (χ0n) is 6.61. The van der Waals surface area contributed by atoms with E-state index in [4.69, 9.17) is 0 Å². The van der Waals surface area contributed by atoms with Crippen LogP contribution in [0.15, 0.2) is 0 Å². The van der Waals surface area contributed by atoms with Crippen molar-refractivity contribution in [2.75, 3.05) is 6.61 Å². The molecule has 0 aliphatic rings. The lowest BCUT2D eigenvalue weighted by Crippen LogP contribution is -2.31. The Morgan fingerprint density at radius 1 is 1.60 bits per heavy atom. The Balaban J connectivity index is 3.91. The molecule has 0 aliphatic heterocycles. The molecule has 0 radical (unpaired) electrons. The molecule has 0 aromatic heterocycles. The van der Waals surface area contributed by atoms with Crippen LogP contribution in [0.2, 0.25) is 0 Å². The topological polar surface area (TPSA) is 26.3 Å². The van der Waals surface area contributed by atoms with Gasteiger partial charge in [-0.05, 0) is 20.3 Å².